The number of amides is 4. The van der Waals surface area contributed by atoms with Crippen LogP contribution in [0.3, 0.4) is 0 Å². The summed E-state index contributed by atoms with van der Waals surface area (Å²) in [6.45, 7) is 6.72. The van der Waals surface area contributed by atoms with Crippen LogP contribution in [-0.2, 0) is 21.5 Å². The number of anilines is 1. The highest BCUT2D eigenvalue weighted by atomic mass is 32.1. The number of aliphatic carboxylic acids is 1. The molecule has 3 rings (SSSR count). The molecule has 1 heterocycles. The van der Waals surface area contributed by atoms with Gasteiger partial charge >= 0.3 is 12.0 Å². The fraction of sp³-hybridized carbons (Fsp3) is 0.310. The van der Waals surface area contributed by atoms with Gasteiger partial charge in [-0.05, 0) is 34.2 Å². The van der Waals surface area contributed by atoms with Crippen molar-refractivity contribution in [2.75, 3.05) is 11.9 Å². The first-order valence-electron chi connectivity index (χ1n) is 12.6. The third-order valence-electron chi connectivity index (χ3n) is 5.89. The lowest BCUT2D eigenvalue weighted by atomic mass is 9.86. The predicted molar refractivity (Wildman–Crippen MR) is 152 cm³/mol. The second-order valence-electron chi connectivity index (χ2n) is 10.1. The molecule has 2 aromatic carbocycles. The van der Waals surface area contributed by atoms with Gasteiger partial charge in [-0.15, -0.1) is 11.3 Å². The Morgan fingerprint density at radius 3 is 2.23 bits per heavy atom. The lowest BCUT2D eigenvalue weighted by molar-refractivity contribution is -0.137. The van der Waals surface area contributed by atoms with Crippen LogP contribution in [0.25, 0.3) is 0 Å². The highest BCUT2D eigenvalue weighted by molar-refractivity contribution is 7.18. The highest BCUT2D eigenvalue weighted by Crippen LogP contribution is 2.25. The topological polar surface area (TPSA) is 137 Å². The largest absolute Gasteiger partial charge is 0.481 e. The third kappa shape index (κ3) is 9.57. The molecular weight excluding hydrogens is 516 g/mol. The zero-order chi connectivity index (χ0) is 28.4. The van der Waals surface area contributed by atoms with Crippen molar-refractivity contribution in [2.24, 2.45) is 0 Å². The van der Waals surface area contributed by atoms with E-state index in [9.17, 15) is 24.3 Å². The summed E-state index contributed by atoms with van der Waals surface area (Å²) in [5.41, 5.74) is 2.73. The van der Waals surface area contributed by atoms with E-state index in [4.69, 9.17) is 0 Å². The van der Waals surface area contributed by atoms with Crippen LogP contribution in [0.2, 0.25) is 0 Å². The molecule has 1 aromatic heterocycles. The van der Waals surface area contributed by atoms with E-state index in [0.29, 0.717) is 22.0 Å². The standard InChI is InChI=1S/C29H34N4O5S/c1-29(2,3)21-11-9-20(10-12-21)22(17-26(35)36)32-24(34)15-16-30-27(37)23-13-14-25(39-23)33-28(38)31-18-19-7-5-4-6-8-19/h4-14,22H,15-18H2,1-3H3,(H,30,37)(H,32,34)(H,35,36)(H2,31,33,38). The molecule has 4 amide bonds. The fourth-order valence-electron chi connectivity index (χ4n) is 3.75. The van der Waals surface area contributed by atoms with Crippen molar-refractivity contribution in [1.29, 1.82) is 0 Å². The summed E-state index contributed by atoms with van der Waals surface area (Å²) in [5, 5.41) is 20.7. The quantitative estimate of drug-likeness (QED) is 0.233. The number of hydrogen-bond donors (Lipinski definition) is 5. The molecule has 1 unspecified atom stereocenters. The summed E-state index contributed by atoms with van der Waals surface area (Å²) >= 11 is 1.12. The van der Waals surface area contributed by atoms with Crippen LogP contribution in [0.15, 0.2) is 66.7 Å². The number of hydrogen-bond acceptors (Lipinski definition) is 5. The Kier molecular flexibility index (Phi) is 10.2. The second-order valence-corrected chi connectivity index (χ2v) is 11.1. The number of carboxylic acids is 1. The minimum atomic E-state index is -1.02. The monoisotopic (exact) mass is 550 g/mol. The summed E-state index contributed by atoms with van der Waals surface area (Å²) in [6.07, 6.45) is -0.267. The molecule has 0 aliphatic carbocycles. The number of carbonyl (C=O) groups is 4. The van der Waals surface area contributed by atoms with Crippen LogP contribution in [0, 0.1) is 0 Å². The van der Waals surface area contributed by atoms with Crippen molar-refractivity contribution >= 4 is 40.2 Å². The van der Waals surface area contributed by atoms with Gasteiger partial charge < -0.3 is 21.1 Å². The first kappa shape index (κ1) is 29.4. The summed E-state index contributed by atoms with van der Waals surface area (Å²) in [4.78, 5) is 48.9. The van der Waals surface area contributed by atoms with Crippen molar-refractivity contribution in [2.45, 2.75) is 51.6 Å². The average molecular weight is 551 g/mol. The molecule has 0 saturated carbocycles. The molecule has 5 N–H and O–H groups in total. The van der Waals surface area contributed by atoms with Gasteiger partial charge in [-0.1, -0.05) is 75.4 Å². The number of urea groups is 1. The number of rotatable bonds is 11. The molecule has 39 heavy (non-hydrogen) atoms. The number of nitrogens with one attached hydrogen (secondary N) is 4. The molecule has 0 spiro atoms. The maximum atomic E-state index is 12.5. The van der Waals surface area contributed by atoms with Crippen molar-refractivity contribution < 1.29 is 24.3 Å². The van der Waals surface area contributed by atoms with E-state index < -0.39 is 12.0 Å². The van der Waals surface area contributed by atoms with E-state index in [1.165, 1.54) is 0 Å². The molecule has 0 radical (unpaired) electrons. The predicted octanol–water partition coefficient (Wildman–Crippen LogP) is 4.82. The van der Waals surface area contributed by atoms with E-state index in [2.05, 4.69) is 42.0 Å². The van der Waals surface area contributed by atoms with E-state index in [0.717, 1.165) is 22.5 Å². The minimum Gasteiger partial charge on any atom is -0.481 e. The Hall–Kier alpha value is -4.18. The first-order valence-corrected chi connectivity index (χ1v) is 13.4. The summed E-state index contributed by atoms with van der Waals surface area (Å²) in [5.74, 6) is -1.76. The Morgan fingerprint density at radius 1 is 0.897 bits per heavy atom. The third-order valence-corrected chi connectivity index (χ3v) is 6.89. The SMILES string of the molecule is CC(C)(C)c1ccc(C(CC(=O)O)NC(=O)CCNC(=O)c2ccc(NC(=O)NCc3ccccc3)s2)cc1. The normalized spacial score (nSPS) is 11.8. The molecule has 0 bridgehead atoms. The Balaban J connectivity index is 1.45. The molecule has 10 heteroatoms. The maximum Gasteiger partial charge on any atom is 0.320 e. The van der Waals surface area contributed by atoms with Crippen LogP contribution < -0.4 is 21.3 Å². The summed E-state index contributed by atoms with van der Waals surface area (Å²) < 4.78 is 0. The van der Waals surface area contributed by atoms with Gasteiger partial charge in [-0.25, -0.2) is 4.79 Å². The maximum absolute atomic E-state index is 12.5. The van der Waals surface area contributed by atoms with Gasteiger partial charge in [-0.2, -0.15) is 0 Å². The number of benzene rings is 2. The summed E-state index contributed by atoms with van der Waals surface area (Å²) in [7, 11) is 0. The number of carboxylic acid groups (broad SMARTS) is 1. The number of carbonyl (C=O) groups excluding carboxylic acids is 3. The van der Waals surface area contributed by atoms with Gasteiger partial charge in [0.25, 0.3) is 5.91 Å². The van der Waals surface area contributed by atoms with E-state index in [1.54, 1.807) is 12.1 Å². The average Bonchev–Trinajstić information content (AvgIpc) is 3.35. The zero-order valence-electron chi connectivity index (χ0n) is 22.2. The van der Waals surface area contributed by atoms with E-state index >= 15 is 0 Å². The fourth-order valence-corrected chi connectivity index (χ4v) is 4.56. The zero-order valence-corrected chi connectivity index (χ0v) is 23.1. The van der Waals surface area contributed by atoms with Crippen LogP contribution in [0.1, 0.15) is 66.0 Å². The van der Waals surface area contributed by atoms with Gasteiger partial charge in [0, 0.05) is 19.5 Å². The summed E-state index contributed by atoms with van der Waals surface area (Å²) in [6, 6.07) is 19.2. The Bertz CT molecular complexity index is 1280. The van der Waals surface area contributed by atoms with Crippen LogP contribution >= 0.6 is 11.3 Å². The van der Waals surface area contributed by atoms with Crippen LogP contribution in [0.5, 0.6) is 0 Å². The van der Waals surface area contributed by atoms with Gasteiger partial charge in [0.15, 0.2) is 0 Å². The second kappa shape index (κ2) is 13.6. The first-order chi connectivity index (χ1) is 18.5. The Labute approximate surface area is 232 Å². The van der Waals surface area contributed by atoms with Gasteiger partial charge in [0.2, 0.25) is 5.91 Å². The molecule has 3 aromatic rings. The number of thiophene rings is 1. The van der Waals surface area contributed by atoms with Crippen molar-refractivity contribution in [3.63, 3.8) is 0 Å². The Morgan fingerprint density at radius 2 is 1.59 bits per heavy atom. The van der Waals surface area contributed by atoms with Crippen LogP contribution in [0.4, 0.5) is 9.80 Å². The molecule has 0 aliphatic heterocycles. The minimum absolute atomic E-state index is 0.0136. The van der Waals surface area contributed by atoms with Crippen molar-refractivity contribution in [3.8, 4) is 0 Å². The van der Waals surface area contributed by atoms with Gasteiger partial charge in [0.05, 0.1) is 22.3 Å². The van der Waals surface area contributed by atoms with E-state index in [-0.39, 0.29) is 42.6 Å². The molecule has 0 fully saturated rings. The van der Waals surface area contributed by atoms with Crippen molar-refractivity contribution in [3.05, 3.63) is 88.3 Å². The molecule has 9 nitrogen and oxygen atoms in total. The lowest BCUT2D eigenvalue weighted by Gasteiger charge is -2.22. The van der Waals surface area contributed by atoms with Gasteiger partial charge in [-0.3, -0.25) is 19.7 Å². The lowest BCUT2D eigenvalue weighted by Crippen LogP contribution is -2.33. The van der Waals surface area contributed by atoms with E-state index in [1.807, 2.05) is 54.6 Å². The molecule has 1 atom stereocenters. The van der Waals surface area contributed by atoms with Crippen molar-refractivity contribution in [1.82, 2.24) is 16.0 Å². The van der Waals surface area contributed by atoms with Crippen LogP contribution in [-0.4, -0.2) is 35.5 Å². The molecule has 0 saturated heterocycles. The van der Waals surface area contributed by atoms with Gasteiger partial charge in [0.1, 0.15) is 0 Å². The smallest absolute Gasteiger partial charge is 0.320 e. The molecular formula is C29H34N4O5S. The highest BCUT2D eigenvalue weighted by Gasteiger charge is 2.20. The molecule has 206 valence electrons. The molecule has 0 aliphatic rings.